The molecule has 0 atom stereocenters. The molecule has 4 rings (SSSR count). The lowest BCUT2D eigenvalue weighted by molar-refractivity contribution is 0.0992. The summed E-state index contributed by atoms with van der Waals surface area (Å²) < 4.78 is 5.87. The van der Waals surface area contributed by atoms with E-state index in [1.54, 1.807) is 6.20 Å². The number of nitrogens with one attached hydrogen (secondary N) is 1. The van der Waals surface area contributed by atoms with Crippen LogP contribution in [0.2, 0.25) is 0 Å². The largest absolute Gasteiger partial charge is 0.489 e. The molecule has 0 bridgehead atoms. The highest BCUT2D eigenvalue weighted by molar-refractivity contribution is 5.99. The first-order chi connectivity index (χ1) is 13.6. The number of aromatic nitrogens is 3. The summed E-state index contributed by atoms with van der Waals surface area (Å²) in [6, 6.07) is 17.6. The molecule has 5 heteroatoms. The maximum atomic E-state index is 12.9. The van der Waals surface area contributed by atoms with Crippen molar-refractivity contribution in [2.24, 2.45) is 0 Å². The van der Waals surface area contributed by atoms with Gasteiger partial charge in [0.05, 0.1) is 0 Å². The van der Waals surface area contributed by atoms with Gasteiger partial charge in [-0.1, -0.05) is 36.4 Å². The number of carbonyl (C=O) groups is 1. The minimum Gasteiger partial charge on any atom is -0.489 e. The minimum atomic E-state index is 0.0463. The normalized spacial score (nSPS) is 10.9. The average Bonchev–Trinajstić information content (AvgIpc) is 3.08. The Morgan fingerprint density at radius 3 is 2.68 bits per heavy atom. The zero-order valence-electron chi connectivity index (χ0n) is 15.9. The molecular weight excluding hydrogens is 350 g/mol. The van der Waals surface area contributed by atoms with Gasteiger partial charge in [0, 0.05) is 29.3 Å². The van der Waals surface area contributed by atoms with E-state index in [1.165, 1.54) is 0 Å². The van der Waals surface area contributed by atoms with Gasteiger partial charge >= 0.3 is 0 Å². The third-order valence-corrected chi connectivity index (χ3v) is 4.78. The topological polar surface area (TPSA) is 67.9 Å². The van der Waals surface area contributed by atoms with E-state index in [-0.39, 0.29) is 12.2 Å². The Kier molecular flexibility index (Phi) is 4.89. The predicted octanol–water partition coefficient (Wildman–Crippen LogP) is 4.58. The lowest BCUT2D eigenvalue weighted by atomic mass is 9.99. The Balaban J connectivity index is 1.51. The highest BCUT2D eigenvalue weighted by atomic mass is 16.5. The molecular formula is C23H21N3O2. The fourth-order valence-electron chi connectivity index (χ4n) is 3.17. The summed E-state index contributed by atoms with van der Waals surface area (Å²) >= 11 is 0. The van der Waals surface area contributed by atoms with Crippen LogP contribution < -0.4 is 4.74 Å². The molecule has 4 aromatic rings. The fraction of sp³-hybridized carbons (Fsp3) is 0.174. The summed E-state index contributed by atoms with van der Waals surface area (Å²) in [6.07, 6.45) is 2.00. The van der Waals surface area contributed by atoms with Gasteiger partial charge in [0.25, 0.3) is 0 Å². The SMILES string of the molecule is Cc1ccc(OCc2ccccc2)cc1C(=O)Cc1cnc2n[nH]c(C)c2c1. The first kappa shape index (κ1) is 17.9. The van der Waals surface area contributed by atoms with E-state index >= 15 is 0 Å². The van der Waals surface area contributed by atoms with Crippen molar-refractivity contribution < 1.29 is 9.53 Å². The van der Waals surface area contributed by atoms with Gasteiger partial charge in [-0.25, -0.2) is 4.98 Å². The summed E-state index contributed by atoms with van der Waals surface area (Å²) in [7, 11) is 0. The van der Waals surface area contributed by atoms with Gasteiger partial charge in [-0.2, -0.15) is 5.10 Å². The molecule has 0 aliphatic carbocycles. The Bertz CT molecular complexity index is 1130. The van der Waals surface area contributed by atoms with Gasteiger partial charge in [0.1, 0.15) is 12.4 Å². The molecule has 0 fully saturated rings. The number of hydrogen-bond donors (Lipinski definition) is 1. The molecule has 0 radical (unpaired) electrons. The fourth-order valence-corrected chi connectivity index (χ4v) is 3.17. The Morgan fingerprint density at radius 2 is 1.86 bits per heavy atom. The lowest BCUT2D eigenvalue weighted by Gasteiger charge is -2.10. The van der Waals surface area contributed by atoms with Crippen LogP contribution in [-0.2, 0) is 13.0 Å². The number of Topliss-reactive ketones (excluding diaryl/α,β-unsaturated/α-hetero) is 1. The number of fused-ring (bicyclic) bond motifs is 1. The number of carbonyl (C=O) groups excluding carboxylic acids is 1. The highest BCUT2D eigenvalue weighted by Crippen LogP contribution is 2.21. The van der Waals surface area contributed by atoms with E-state index < -0.39 is 0 Å². The van der Waals surface area contributed by atoms with Gasteiger partial charge in [0.2, 0.25) is 0 Å². The molecule has 28 heavy (non-hydrogen) atoms. The van der Waals surface area contributed by atoms with E-state index in [1.807, 2.05) is 68.4 Å². The van der Waals surface area contributed by atoms with Crippen molar-refractivity contribution in [1.29, 1.82) is 0 Å². The summed E-state index contributed by atoms with van der Waals surface area (Å²) in [4.78, 5) is 17.2. The third kappa shape index (κ3) is 3.78. The van der Waals surface area contributed by atoms with Gasteiger partial charge in [-0.3, -0.25) is 9.89 Å². The average molecular weight is 371 g/mol. The van der Waals surface area contributed by atoms with Crippen LogP contribution in [0.5, 0.6) is 5.75 Å². The van der Waals surface area contributed by atoms with Gasteiger partial charge in [-0.05, 0) is 48.7 Å². The van der Waals surface area contributed by atoms with Crippen LogP contribution in [-0.4, -0.2) is 21.0 Å². The van der Waals surface area contributed by atoms with E-state index in [0.717, 1.165) is 27.8 Å². The number of H-pyrrole nitrogens is 1. The molecule has 5 nitrogen and oxygen atoms in total. The van der Waals surface area contributed by atoms with Crippen molar-refractivity contribution >= 4 is 16.8 Å². The van der Waals surface area contributed by atoms with Crippen LogP contribution in [0.25, 0.3) is 11.0 Å². The maximum absolute atomic E-state index is 12.9. The van der Waals surface area contributed by atoms with Crippen LogP contribution >= 0.6 is 0 Å². The second-order valence-electron chi connectivity index (χ2n) is 6.91. The summed E-state index contributed by atoms with van der Waals surface area (Å²) in [5, 5.41) is 8.00. The monoisotopic (exact) mass is 371 g/mol. The van der Waals surface area contributed by atoms with Crippen LogP contribution in [0.4, 0.5) is 0 Å². The van der Waals surface area contributed by atoms with E-state index in [2.05, 4.69) is 15.2 Å². The smallest absolute Gasteiger partial charge is 0.181 e. The van der Waals surface area contributed by atoms with Crippen molar-refractivity contribution in [2.45, 2.75) is 26.9 Å². The van der Waals surface area contributed by atoms with Crippen LogP contribution in [0, 0.1) is 13.8 Å². The molecule has 0 aliphatic heterocycles. The summed E-state index contributed by atoms with van der Waals surface area (Å²) in [5.74, 6) is 0.738. The molecule has 0 saturated heterocycles. The highest BCUT2D eigenvalue weighted by Gasteiger charge is 2.13. The number of aromatic amines is 1. The number of ketones is 1. The van der Waals surface area contributed by atoms with Gasteiger partial charge in [0.15, 0.2) is 11.4 Å². The van der Waals surface area contributed by atoms with Crippen LogP contribution in [0.1, 0.15) is 32.7 Å². The molecule has 0 amide bonds. The van der Waals surface area contributed by atoms with Crippen LogP contribution in [0.3, 0.4) is 0 Å². The van der Waals surface area contributed by atoms with E-state index in [9.17, 15) is 4.79 Å². The van der Waals surface area contributed by atoms with E-state index in [0.29, 0.717) is 23.6 Å². The Hall–Kier alpha value is -3.47. The third-order valence-electron chi connectivity index (χ3n) is 4.78. The molecule has 1 N–H and O–H groups in total. The molecule has 2 aromatic carbocycles. The van der Waals surface area contributed by atoms with Crippen molar-refractivity contribution in [1.82, 2.24) is 15.2 Å². The van der Waals surface area contributed by atoms with E-state index in [4.69, 9.17) is 4.74 Å². The summed E-state index contributed by atoms with van der Waals surface area (Å²) in [6.45, 7) is 4.36. The van der Waals surface area contributed by atoms with Gasteiger partial charge < -0.3 is 4.74 Å². The molecule has 0 unspecified atom stereocenters. The number of benzene rings is 2. The molecule has 2 aromatic heterocycles. The molecule has 140 valence electrons. The molecule has 2 heterocycles. The van der Waals surface area contributed by atoms with Crippen molar-refractivity contribution in [3.05, 3.63) is 88.7 Å². The molecule has 0 spiro atoms. The Labute approximate surface area is 163 Å². The van der Waals surface area contributed by atoms with Crippen LogP contribution in [0.15, 0.2) is 60.8 Å². The quantitative estimate of drug-likeness (QED) is 0.504. The van der Waals surface area contributed by atoms with Gasteiger partial charge in [-0.15, -0.1) is 0 Å². The summed E-state index contributed by atoms with van der Waals surface area (Å²) in [5.41, 5.74) is 5.19. The molecule has 0 saturated carbocycles. The first-order valence-electron chi connectivity index (χ1n) is 9.20. The standard InChI is InChI=1S/C23H21N3O2/c1-15-8-9-19(28-14-17-6-4-3-5-7-17)12-20(15)22(27)11-18-10-21-16(2)25-26-23(21)24-13-18/h3-10,12-13H,11,14H2,1-2H3,(H,24,25,26). The zero-order valence-corrected chi connectivity index (χ0v) is 15.9. The second-order valence-corrected chi connectivity index (χ2v) is 6.91. The predicted molar refractivity (Wildman–Crippen MR) is 109 cm³/mol. The van der Waals surface area contributed by atoms with Crippen molar-refractivity contribution in [2.75, 3.05) is 0 Å². The zero-order chi connectivity index (χ0) is 19.5. The number of aryl methyl sites for hydroxylation is 2. The Morgan fingerprint density at radius 1 is 1.04 bits per heavy atom. The number of hydrogen-bond acceptors (Lipinski definition) is 4. The van der Waals surface area contributed by atoms with Crippen molar-refractivity contribution in [3.63, 3.8) is 0 Å². The number of nitrogens with zero attached hydrogens (tertiary/aromatic N) is 2. The number of rotatable bonds is 6. The minimum absolute atomic E-state index is 0.0463. The number of pyridine rings is 1. The molecule has 0 aliphatic rings. The second kappa shape index (κ2) is 7.64. The lowest BCUT2D eigenvalue weighted by Crippen LogP contribution is -2.07. The maximum Gasteiger partial charge on any atom is 0.181 e. The number of ether oxygens (including phenoxy) is 1. The first-order valence-corrected chi connectivity index (χ1v) is 9.20. The van der Waals surface area contributed by atoms with Crippen molar-refractivity contribution in [3.8, 4) is 5.75 Å².